The van der Waals surface area contributed by atoms with Crippen molar-refractivity contribution in [3.05, 3.63) is 62.2 Å². The molecule has 1 fully saturated rings. The maximum atomic E-state index is 11.8. The number of ether oxygens (including phenoxy) is 1. The van der Waals surface area contributed by atoms with Crippen LogP contribution in [0.2, 0.25) is 0 Å². The molecule has 0 unspecified atom stereocenters. The number of hydrazine groups is 1. The third kappa shape index (κ3) is 3.93. The van der Waals surface area contributed by atoms with Crippen LogP contribution in [0.25, 0.3) is 0 Å². The van der Waals surface area contributed by atoms with Crippen molar-refractivity contribution >= 4 is 28.7 Å². The highest BCUT2D eigenvalue weighted by molar-refractivity contribution is 5.97. The van der Waals surface area contributed by atoms with Gasteiger partial charge < -0.3 is 14.5 Å². The largest absolute Gasteiger partial charge is 0.495 e. The van der Waals surface area contributed by atoms with Crippen LogP contribution in [-0.4, -0.2) is 49.0 Å². The summed E-state index contributed by atoms with van der Waals surface area (Å²) in [6, 6.07) is 9.46. The van der Waals surface area contributed by atoms with Crippen molar-refractivity contribution < 1.29 is 19.4 Å². The maximum Gasteiger partial charge on any atom is 0.300 e. The second kappa shape index (κ2) is 8.61. The molecule has 158 valence electrons. The first kappa shape index (κ1) is 20.8. The van der Waals surface area contributed by atoms with Crippen LogP contribution in [-0.2, 0) is 0 Å². The number of nitrogen functional groups attached to an aromatic ring is 1. The van der Waals surface area contributed by atoms with Gasteiger partial charge in [0.25, 0.3) is 17.3 Å². The summed E-state index contributed by atoms with van der Waals surface area (Å²) in [5, 5.41) is 23.3. The van der Waals surface area contributed by atoms with Crippen molar-refractivity contribution in [2.24, 2.45) is 5.84 Å². The van der Waals surface area contributed by atoms with Crippen LogP contribution in [0.5, 0.6) is 5.75 Å². The predicted molar refractivity (Wildman–Crippen MR) is 109 cm³/mol. The van der Waals surface area contributed by atoms with Crippen molar-refractivity contribution in [3.8, 4) is 5.75 Å². The van der Waals surface area contributed by atoms with Crippen LogP contribution in [0, 0.1) is 20.2 Å². The molecule has 1 saturated heterocycles. The number of nitrogens with zero attached hydrogens (tertiary/aromatic N) is 4. The first-order valence-corrected chi connectivity index (χ1v) is 8.98. The van der Waals surface area contributed by atoms with Crippen molar-refractivity contribution in [2.75, 3.05) is 43.1 Å². The molecule has 30 heavy (non-hydrogen) atoms. The van der Waals surface area contributed by atoms with Crippen LogP contribution in [0.4, 0.5) is 22.7 Å². The second-order valence-electron chi connectivity index (χ2n) is 6.50. The number of anilines is 2. The van der Waals surface area contributed by atoms with E-state index >= 15 is 0 Å². The number of rotatable bonds is 6. The average molecular weight is 416 g/mol. The fourth-order valence-electron chi connectivity index (χ4n) is 3.48. The molecule has 1 aliphatic heterocycles. The summed E-state index contributed by atoms with van der Waals surface area (Å²) >= 11 is 0. The SMILES string of the molecule is COc1ccccc1N1CCN(c2c([N+](=O)[O-])cc(C(=O)NN)cc2[N+](=O)[O-])CC1. The number of hydrogen-bond donors (Lipinski definition) is 2. The van der Waals surface area contributed by atoms with E-state index in [-0.39, 0.29) is 11.3 Å². The third-order valence-corrected chi connectivity index (χ3v) is 4.88. The van der Waals surface area contributed by atoms with Crippen LogP contribution in [0.15, 0.2) is 36.4 Å². The monoisotopic (exact) mass is 416 g/mol. The van der Waals surface area contributed by atoms with Crippen molar-refractivity contribution in [1.82, 2.24) is 5.43 Å². The second-order valence-corrected chi connectivity index (χ2v) is 6.50. The molecule has 1 amide bonds. The molecule has 0 bridgehead atoms. The molecule has 0 spiro atoms. The zero-order chi connectivity index (χ0) is 21.8. The summed E-state index contributed by atoms with van der Waals surface area (Å²) in [5.41, 5.74) is 1.28. The fraction of sp³-hybridized carbons (Fsp3) is 0.278. The van der Waals surface area contributed by atoms with Gasteiger partial charge in [-0.05, 0) is 12.1 Å². The van der Waals surface area contributed by atoms with E-state index in [9.17, 15) is 25.0 Å². The molecular formula is C18H20N6O6. The quantitative estimate of drug-likeness (QED) is 0.308. The minimum Gasteiger partial charge on any atom is -0.495 e. The summed E-state index contributed by atoms with van der Waals surface area (Å²) in [6.07, 6.45) is 0. The van der Waals surface area contributed by atoms with Gasteiger partial charge in [0.15, 0.2) is 5.69 Å². The lowest BCUT2D eigenvalue weighted by atomic mass is 10.1. The van der Waals surface area contributed by atoms with Gasteiger partial charge in [0.2, 0.25) is 0 Å². The molecule has 2 aromatic rings. The minimum atomic E-state index is -0.853. The number of nitrogens with two attached hydrogens (primary N) is 1. The molecule has 0 radical (unpaired) electrons. The van der Waals surface area contributed by atoms with Gasteiger partial charge in [-0.25, -0.2) is 5.84 Å². The molecule has 2 aromatic carbocycles. The van der Waals surface area contributed by atoms with Gasteiger partial charge in [-0.1, -0.05) is 12.1 Å². The zero-order valence-corrected chi connectivity index (χ0v) is 16.1. The molecule has 0 aliphatic carbocycles. The molecule has 3 rings (SSSR count). The van der Waals surface area contributed by atoms with E-state index in [1.54, 1.807) is 12.0 Å². The van der Waals surface area contributed by atoms with Crippen LogP contribution in [0.3, 0.4) is 0 Å². The molecule has 0 saturated carbocycles. The van der Waals surface area contributed by atoms with Crippen molar-refractivity contribution in [2.45, 2.75) is 0 Å². The number of methoxy groups -OCH3 is 1. The Hall–Kier alpha value is -3.93. The average Bonchev–Trinajstić information content (AvgIpc) is 2.77. The lowest BCUT2D eigenvalue weighted by Crippen LogP contribution is -2.47. The van der Waals surface area contributed by atoms with Gasteiger partial charge in [-0.2, -0.15) is 0 Å². The summed E-state index contributed by atoms with van der Waals surface area (Å²) in [6.45, 7) is 1.56. The Labute approximate surface area is 171 Å². The van der Waals surface area contributed by atoms with E-state index in [1.807, 2.05) is 34.6 Å². The van der Waals surface area contributed by atoms with Crippen LogP contribution < -0.4 is 25.8 Å². The van der Waals surface area contributed by atoms with E-state index in [0.717, 1.165) is 17.8 Å². The zero-order valence-electron chi connectivity index (χ0n) is 16.1. The fourth-order valence-corrected chi connectivity index (χ4v) is 3.48. The lowest BCUT2D eigenvalue weighted by Gasteiger charge is -2.37. The normalized spacial score (nSPS) is 13.7. The molecular weight excluding hydrogens is 396 g/mol. The number of carbonyl (C=O) groups is 1. The number of carbonyl (C=O) groups excluding carboxylic acids is 1. The van der Waals surface area contributed by atoms with Crippen LogP contribution in [0.1, 0.15) is 10.4 Å². The Bertz CT molecular complexity index is 954. The number of hydrogen-bond acceptors (Lipinski definition) is 9. The summed E-state index contributed by atoms with van der Waals surface area (Å²) in [4.78, 5) is 37.2. The van der Waals surface area contributed by atoms with E-state index in [1.165, 1.54) is 0 Å². The van der Waals surface area contributed by atoms with Gasteiger partial charge >= 0.3 is 0 Å². The number of nitro benzene ring substituents is 2. The standard InChI is InChI=1S/C18H20N6O6/c1-30-16-5-3-2-4-13(16)21-6-8-22(9-7-21)17-14(23(26)27)10-12(18(25)20-19)11-15(17)24(28)29/h2-5,10-11H,6-9,19H2,1H3,(H,20,25). The van der Waals surface area contributed by atoms with Crippen molar-refractivity contribution in [3.63, 3.8) is 0 Å². The lowest BCUT2D eigenvalue weighted by molar-refractivity contribution is -0.392. The van der Waals surface area contributed by atoms with E-state index in [2.05, 4.69) is 0 Å². The van der Waals surface area contributed by atoms with Gasteiger partial charge in [-0.3, -0.25) is 30.4 Å². The number of benzene rings is 2. The topological polar surface area (TPSA) is 157 Å². The van der Waals surface area contributed by atoms with Crippen LogP contribution >= 0.6 is 0 Å². The molecule has 12 heteroatoms. The number of amides is 1. The van der Waals surface area contributed by atoms with Gasteiger partial charge in [-0.15, -0.1) is 0 Å². The molecule has 3 N–H and O–H groups in total. The van der Waals surface area contributed by atoms with Gasteiger partial charge in [0, 0.05) is 38.3 Å². The summed E-state index contributed by atoms with van der Waals surface area (Å²) in [7, 11) is 1.57. The summed E-state index contributed by atoms with van der Waals surface area (Å²) in [5.74, 6) is 4.91. The van der Waals surface area contributed by atoms with E-state index in [0.29, 0.717) is 31.9 Å². The Morgan fingerprint density at radius 1 is 1.03 bits per heavy atom. The molecule has 0 atom stereocenters. The Morgan fingerprint density at radius 3 is 2.07 bits per heavy atom. The third-order valence-electron chi connectivity index (χ3n) is 4.88. The Morgan fingerprint density at radius 2 is 1.57 bits per heavy atom. The van der Waals surface area contributed by atoms with Gasteiger partial charge in [0.1, 0.15) is 5.75 Å². The Kier molecular flexibility index (Phi) is 5.97. The van der Waals surface area contributed by atoms with Gasteiger partial charge in [0.05, 0.1) is 28.2 Å². The highest BCUT2D eigenvalue weighted by Crippen LogP contribution is 2.40. The van der Waals surface area contributed by atoms with E-state index in [4.69, 9.17) is 10.6 Å². The number of nitrogens with one attached hydrogen (secondary N) is 1. The predicted octanol–water partition coefficient (Wildman–Crippen LogP) is 1.44. The maximum absolute atomic E-state index is 11.8. The molecule has 12 nitrogen and oxygen atoms in total. The molecule has 0 aromatic heterocycles. The summed E-state index contributed by atoms with van der Waals surface area (Å²) < 4.78 is 5.38. The molecule has 1 heterocycles. The first-order valence-electron chi connectivity index (χ1n) is 8.98. The van der Waals surface area contributed by atoms with E-state index < -0.39 is 27.1 Å². The molecule has 1 aliphatic rings. The number of piperazine rings is 1. The Balaban J connectivity index is 1.95. The first-order chi connectivity index (χ1) is 14.4. The smallest absolute Gasteiger partial charge is 0.300 e. The number of para-hydroxylation sites is 2. The highest BCUT2D eigenvalue weighted by Gasteiger charge is 2.34. The number of nitro groups is 2. The highest BCUT2D eigenvalue weighted by atomic mass is 16.6. The van der Waals surface area contributed by atoms with Crippen molar-refractivity contribution in [1.29, 1.82) is 0 Å². The minimum absolute atomic E-state index is 0.127.